The van der Waals surface area contributed by atoms with Crippen LogP contribution in [0.5, 0.6) is 0 Å². The van der Waals surface area contributed by atoms with Gasteiger partial charge in [-0.1, -0.05) is 66.8 Å². The Bertz CT molecular complexity index is 1630. The van der Waals surface area contributed by atoms with Crippen LogP contribution in [0.1, 0.15) is 22.4 Å². The van der Waals surface area contributed by atoms with Crippen molar-refractivity contribution in [3.05, 3.63) is 114 Å². The minimum Gasteiger partial charge on any atom is -0.378 e. The van der Waals surface area contributed by atoms with Gasteiger partial charge in [-0.05, 0) is 34.0 Å². The molecule has 6 nitrogen and oxygen atoms in total. The fourth-order valence-corrected chi connectivity index (χ4v) is 5.42. The van der Waals surface area contributed by atoms with Gasteiger partial charge in [0.1, 0.15) is 4.99 Å². The van der Waals surface area contributed by atoms with Crippen molar-refractivity contribution in [1.29, 1.82) is 5.26 Å². The van der Waals surface area contributed by atoms with E-state index in [-0.39, 0.29) is 0 Å². The largest absolute Gasteiger partial charge is 0.378 e. The Morgan fingerprint density at radius 1 is 0.921 bits per heavy atom. The average Bonchev–Trinajstić information content (AvgIpc) is 3.60. The second-order valence-electron chi connectivity index (χ2n) is 9.51. The summed E-state index contributed by atoms with van der Waals surface area (Å²) in [7, 11) is 0. The molecule has 3 heterocycles. The second-order valence-corrected chi connectivity index (χ2v) is 9.90. The number of imidazole rings is 1. The minimum atomic E-state index is 0.664. The third-order valence-corrected chi connectivity index (χ3v) is 7.55. The number of nitrogens with zero attached hydrogens (tertiary/aromatic N) is 5. The first kappa shape index (κ1) is 24.1. The third kappa shape index (κ3) is 4.84. The zero-order chi connectivity index (χ0) is 25.9. The number of aromatic nitrogens is 3. The molecule has 0 unspecified atom stereocenters. The Morgan fingerprint density at radius 3 is 2.53 bits per heavy atom. The Kier molecular flexibility index (Phi) is 6.74. The van der Waals surface area contributed by atoms with Crippen molar-refractivity contribution in [3.8, 4) is 17.2 Å². The van der Waals surface area contributed by atoms with Crippen molar-refractivity contribution in [2.75, 3.05) is 26.3 Å². The predicted octanol–water partition coefficient (Wildman–Crippen LogP) is 5.48. The molecule has 0 saturated carbocycles. The summed E-state index contributed by atoms with van der Waals surface area (Å²) < 4.78 is 9.94. The van der Waals surface area contributed by atoms with E-state index in [4.69, 9.17) is 22.2 Å². The molecule has 0 spiro atoms. The van der Waals surface area contributed by atoms with Crippen LogP contribution < -0.4 is 0 Å². The van der Waals surface area contributed by atoms with E-state index in [0.29, 0.717) is 31.9 Å². The first-order valence-corrected chi connectivity index (χ1v) is 13.1. The highest BCUT2D eigenvalue weighted by atomic mass is 32.1. The zero-order valence-electron chi connectivity index (χ0n) is 21.0. The molecular weight excluding hydrogens is 490 g/mol. The molecule has 2 aromatic heterocycles. The lowest BCUT2D eigenvalue weighted by Crippen LogP contribution is -2.40. The first-order chi connectivity index (χ1) is 18.7. The number of hydrogen-bond donors (Lipinski definition) is 0. The van der Waals surface area contributed by atoms with E-state index in [9.17, 15) is 0 Å². The highest BCUT2D eigenvalue weighted by molar-refractivity contribution is 7.80. The molecule has 0 aliphatic carbocycles. The summed E-state index contributed by atoms with van der Waals surface area (Å²) in [6, 6.07) is 24.8. The number of fused-ring (bicyclic) bond motifs is 1. The van der Waals surface area contributed by atoms with Gasteiger partial charge in [-0.3, -0.25) is 0 Å². The lowest BCUT2D eigenvalue weighted by atomic mass is 9.97. The van der Waals surface area contributed by atoms with Crippen molar-refractivity contribution >= 4 is 28.0 Å². The Hall–Kier alpha value is -4.25. The maximum Gasteiger partial charge on any atom is 0.111 e. The summed E-state index contributed by atoms with van der Waals surface area (Å²) in [4.78, 5) is 7.55. The van der Waals surface area contributed by atoms with Gasteiger partial charge in [0.25, 0.3) is 0 Å². The van der Waals surface area contributed by atoms with Crippen LogP contribution in [-0.4, -0.2) is 50.3 Å². The summed E-state index contributed by atoms with van der Waals surface area (Å²) >= 11 is 6.06. The molecule has 188 valence electrons. The van der Waals surface area contributed by atoms with Crippen LogP contribution in [0.3, 0.4) is 0 Å². The molecule has 1 aliphatic heterocycles. The number of rotatable bonds is 6. The molecule has 0 N–H and O–H groups in total. The van der Waals surface area contributed by atoms with Gasteiger partial charge in [-0.2, -0.15) is 5.26 Å². The van der Waals surface area contributed by atoms with Gasteiger partial charge in [0.05, 0.1) is 43.4 Å². The van der Waals surface area contributed by atoms with E-state index < -0.39 is 0 Å². The first-order valence-electron chi connectivity index (χ1n) is 12.7. The molecule has 5 aromatic rings. The molecule has 0 radical (unpaired) electrons. The van der Waals surface area contributed by atoms with Crippen LogP contribution in [0.4, 0.5) is 0 Å². The zero-order valence-corrected chi connectivity index (χ0v) is 21.8. The van der Waals surface area contributed by atoms with Gasteiger partial charge in [-0.15, -0.1) is 0 Å². The normalized spacial score (nSPS) is 13.5. The fourth-order valence-electron chi connectivity index (χ4n) is 5.07. The number of thiocarbonyl (C=S) groups is 1. The van der Waals surface area contributed by atoms with Crippen LogP contribution in [0.25, 0.3) is 21.9 Å². The monoisotopic (exact) mass is 517 g/mol. The van der Waals surface area contributed by atoms with E-state index in [0.717, 1.165) is 40.5 Å². The van der Waals surface area contributed by atoms with Crippen LogP contribution in [0.15, 0.2) is 91.6 Å². The average molecular weight is 518 g/mol. The molecule has 3 aromatic carbocycles. The summed E-state index contributed by atoms with van der Waals surface area (Å²) in [5.41, 5.74) is 6.27. The van der Waals surface area contributed by atoms with Gasteiger partial charge >= 0.3 is 0 Å². The fraction of sp³-hybridized carbons (Fsp3) is 0.194. The van der Waals surface area contributed by atoms with Crippen molar-refractivity contribution in [3.63, 3.8) is 0 Å². The van der Waals surface area contributed by atoms with Crippen molar-refractivity contribution in [2.45, 2.75) is 13.1 Å². The smallest absolute Gasteiger partial charge is 0.111 e. The van der Waals surface area contributed by atoms with E-state index in [1.54, 1.807) is 0 Å². The summed E-state index contributed by atoms with van der Waals surface area (Å²) in [5.74, 6) is 0. The number of ether oxygens (including phenoxy) is 1. The highest BCUT2D eigenvalue weighted by Crippen LogP contribution is 2.33. The lowest BCUT2D eigenvalue weighted by molar-refractivity contribution is 0.0693. The molecule has 6 rings (SSSR count). The van der Waals surface area contributed by atoms with Crippen LogP contribution in [0.2, 0.25) is 0 Å². The molecule has 0 amide bonds. The Balaban J connectivity index is 1.36. The SMILES string of the molecule is N#Cc1ccc(Cn2cncc2Cn2cc(C(=S)N3CCOCC3)c(-c3cccc4ccccc34)c2)cc1. The molecule has 38 heavy (non-hydrogen) atoms. The number of nitriles is 1. The number of hydrogen-bond acceptors (Lipinski definition) is 4. The highest BCUT2D eigenvalue weighted by Gasteiger charge is 2.21. The lowest BCUT2D eigenvalue weighted by Gasteiger charge is -2.29. The van der Waals surface area contributed by atoms with Crippen LogP contribution >= 0.6 is 12.2 Å². The predicted molar refractivity (Wildman–Crippen MR) is 153 cm³/mol. The minimum absolute atomic E-state index is 0.664. The van der Waals surface area contributed by atoms with Gasteiger partial charge in [0, 0.05) is 49.4 Å². The van der Waals surface area contributed by atoms with Gasteiger partial charge in [0.2, 0.25) is 0 Å². The van der Waals surface area contributed by atoms with E-state index in [1.807, 2.05) is 36.8 Å². The van der Waals surface area contributed by atoms with E-state index in [2.05, 4.69) is 79.9 Å². The quantitative estimate of drug-likeness (QED) is 0.279. The van der Waals surface area contributed by atoms with Crippen molar-refractivity contribution in [2.24, 2.45) is 0 Å². The van der Waals surface area contributed by atoms with Crippen LogP contribution in [0, 0.1) is 11.3 Å². The van der Waals surface area contributed by atoms with Crippen LogP contribution in [-0.2, 0) is 17.8 Å². The maximum atomic E-state index is 9.09. The molecular formula is C31H27N5OS. The van der Waals surface area contributed by atoms with E-state index >= 15 is 0 Å². The van der Waals surface area contributed by atoms with Crippen molar-refractivity contribution in [1.82, 2.24) is 19.0 Å². The number of morpholine rings is 1. The maximum absolute atomic E-state index is 9.09. The Morgan fingerprint density at radius 2 is 1.71 bits per heavy atom. The molecule has 1 aliphatic rings. The molecule has 7 heteroatoms. The topological polar surface area (TPSA) is 59.0 Å². The van der Waals surface area contributed by atoms with Crippen molar-refractivity contribution < 1.29 is 4.74 Å². The Labute approximate surface area is 227 Å². The standard InChI is InChI=1S/C31H27N5OS/c32-16-23-8-10-24(11-9-23)18-36-22-33-17-26(36)19-34-20-29(28-7-3-5-25-4-1-2-6-27(25)28)30(21-34)31(38)35-12-14-37-15-13-35/h1-11,17,20-22H,12-15,18-19H2. The van der Waals surface area contributed by atoms with E-state index in [1.165, 1.54) is 16.3 Å². The summed E-state index contributed by atoms with van der Waals surface area (Å²) in [6.07, 6.45) is 8.17. The number of benzene rings is 3. The molecule has 1 saturated heterocycles. The third-order valence-electron chi connectivity index (χ3n) is 7.07. The van der Waals surface area contributed by atoms with Gasteiger partial charge < -0.3 is 18.8 Å². The molecule has 1 fully saturated rings. The van der Waals surface area contributed by atoms with Gasteiger partial charge in [-0.25, -0.2) is 4.98 Å². The molecule has 0 bridgehead atoms. The summed E-state index contributed by atoms with van der Waals surface area (Å²) in [6.45, 7) is 4.35. The molecule has 0 atom stereocenters. The second kappa shape index (κ2) is 10.6. The summed E-state index contributed by atoms with van der Waals surface area (Å²) in [5, 5.41) is 11.5. The van der Waals surface area contributed by atoms with Gasteiger partial charge in [0.15, 0.2) is 0 Å².